The molecule has 2 heteroatoms. The van der Waals surface area contributed by atoms with Crippen molar-refractivity contribution in [1.82, 2.24) is 4.84 Å². The average Bonchev–Trinajstić information content (AvgIpc) is 2.05. The van der Waals surface area contributed by atoms with E-state index in [2.05, 4.69) is 4.84 Å². The van der Waals surface area contributed by atoms with Crippen LogP contribution < -0.4 is 4.84 Å². The molecule has 0 aliphatic heterocycles. The van der Waals surface area contributed by atoms with Gasteiger partial charge < -0.3 is 0 Å². The minimum absolute atomic E-state index is 0.225. The lowest BCUT2D eigenvalue weighted by Crippen LogP contribution is -2.05. The Bertz CT molecular complexity index is 186. The molecule has 0 unspecified atom stereocenters. The van der Waals surface area contributed by atoms with Crippen LogP contribution in [0.25, 0.3) is 0 Å². The van der Waals surface area contributed by atoms with E-state index in [1.54, 1.807) is 0 Å². The number of nitrogens with one attached hydrogen (secondary N) is 1. The first-order chi connectivity index (χ1) is 4.84. The Hall–Kier alpha value is -0.530. The van der Waals surface area contributed by atoms with E-state index in [-0.39, 0.29) is 6.04 Å². The lowest BCUT2D eigenvalue weighted by molar-refractivity contribution is 0.745. The molecule has 0 aromatic heterocycles. The Kier molecular flexibility index (Phi) is 2.72. The van der Waals surface area contributed by atoms with Crippen molar-refractivity contribution in [3.8, 4) is 0 Å². The first-order valence-electron chi connectivity index (χ1n) is 3.25. The summed E-state index contributed by atoms with van der Waals surface area (Å²) in [5.41, 5.74) is 1.21. The monoisotopic (exact) mass is 155 g/mol. The highest BCUT2D eigenvalue weighted by Gasteiger charge is 1.99. The van der Waals surface area contributed by atoms with E-state index in [1.165, 1.54) is 5.56 Å². The second-order valence-corrected chi connectivity index (χ2v) is 2.46. The van der Waals surface area contributed by atoms with E-state index in [0.29, 0.717) is 0 Å². The maximum absolute atomic E-state index is 5.44. The summed E-state index contributed by atoms with van der Waals surface area (Å²) in [5.74, 6) is 0. The lowest BCUT2D eigenvalue weighted by atomic mass is 10.1. The van der Waals surface area contributed by atoms with Crippen molar-refractivity contribution < 1.29 is 0 Å². The molecule has 1 atom stereocenters. The summed E-state index contributed by atoms with van der Waals surface area (Å²) < 4.78 is 0. The molecule has 1 nitrogen and oxygen atoms in total. The smallest absolute Gasteiger partial charge is 0.0442 e. The van der Waals surface area contributed by atoms with Gasteiger partial charge in [0.1, 0.15) is 0 Å². The zero-order valence-electron chi connectivity index (χ0n) is 5.84. The normalized spacial score (nSPS) is 13.0. The number of hydrogen-bond donors (Lipinski definition) is 1. The summed E-state index contributed by atoms with van der Waals surface area (Å²) in [5, 5.41) is 0. The molecule has 1 aromatic carbocycles. The predicted octanol–water partition coefficient (Wildman–Crippen LogP) is 2.49. The Morgan fingerprint density at radius 3 is 2.40 bits per heavy atom. The van der Waals surface area contributed by atoms with E-state index < -0.39 is 0 Å². The summed E-state index contributed by atoms with van der Waals surface area (Å²) in [6.07, 6.45) is 0. The molecule has 10 heavy (non-hydrogen) atoms. The third-order valence-corrected chi connectivity index (χ3v) is 1.79. The fraction of sp³-hybridized carbons (Fsp3) is 0.250. The van der Waals surface area contributed by atoms with E-state index in [9.17, 15) is 0 Å². The van der Waals surface area contributed by atoms with Crippen LogP contribution in [-0.4, -0.2) is 0 Å². The molecule has 0 fully saturated rings. The SMILES string of the molecule is C[C@H](NCl)c1ccccc1. The highest BCUT2D eigenvalue weighted by atomic mass is 35.5. The van der Waals surface area contributed by atoms with Crippen LogP contribution in [0.15, 0.2) is 30.3 Å². The summed E-state index contributed by atoms with van der Waals surface area (Å²) in [6.45, 7) is 2.02. The van der Waals surface area contributed by atoms with Gasteiger partial charge in [0.15, 0.2) is 0 Å². The topological polar surface area (TPSA) is 12.0 Å². The number of hydrogen-bond acceptors (Lipinski definition) is 1. The molecule has 54 valence electrons. The molecule has 1 rings (SSSR count). The summed E-state index contributed by atoms with van der Waals surface area (Å²) in [4.78, 5) is 2.65. The fourth-order valence-corrected chi connectivity index (χ4v) is 0.931. The molecule has 0 bridgehead atoms. The Morgan fingerprint density at radius 1 is 1.30 bits per heavy atom. The largest absolute Gasteiger partial charge is 0.226 e. The summed E-state index contributed by atoms with van der Waals surface area (Å²) >= 11 is 5.44. The van der Waals surface area contributed by atoms with E-state index in [1.807, 2.05) is 37.3 Å². The molecule has 0 aliphatic rings. The van der Waals surface area contributed by atoms with Crippen molar-refractivity contribution in [2.24, 2.45) is 0 Å². The highest BCUT2D eigenvalue weighted by molar-refractivity contribution is 6.13. The third-order valence-electron chi connectivity index (χ3n) is 1.46. The van der Waals surface area contributed by atoms with Crippen molar-refractivity contribution in [2.75, 3.05) is 0 Å². The maximum atomic E-state index is 5.44. The van der Waals surface area contributed by atoms with Crippen molar-refractivity contribution in [2.45, 2.75) is 13.0 Å². The van der Waals surface area contributed by atoms with Gasteiger partial charge in [0.05, 0.1) is 0 Å². The van der Waals surface area contributed by atoms with Crippen LogP contribution in [0, 0.1) is 0 Å². The average molecular weight is 156 g/mol. The third kappa shape index (κ3) is 1.72. The fourth-order valence-electron chi connectivity index (χ4n) is 0.805. The molecular formula is C8H10ClN. The summed E-state index contributed by atoms with van der Waals surface area (Å²) in [6, 6.07) is 10.3. The van der Waals surface area contributed by atoms with Crippen LogP contribution in [-0.2, 0) is 0 Å². The van der Waals surface area contributed by atoms with Gasteiger partial charge in [-0.25, -0.2) is 4.84 Å². The number of halogens is 1. The standard InChI is InChI=1S/C8H10ClN/c1-7(10-9)8-5-3-2-4-6-8/h2-7,10H,1H3/t7-/m0/s1. The molecule has 1 N–H and O–H groups in total. The van der Waals surface area contributed by atoms with Gasteiger partial charge in [-0.2, -0.15) is 0 Å². The van der Waals surface area contributed by atoms with Gasteiger partial charge in [0.2, 0.25) is 0 Å². The molecular weight excluding hydrogens is 146 g/mol. The van der Waals surface area contributed by atoms with Crippen LogP contribution in [0.2, 0.25) is 0 Å². The predicted molar refractivity (Wildman–Crippen MR) is 43.8 cm³/mol. The zero-order chi connectivity index (χ0) is 7.40. The van der Waals surface area contributed by atoms with Crippen LogP contribution >= 0.6 is 11.8 Å². The first kappa shape index (κ1) is 7.58. The van der Waals surface area contributed by atoms with Gasteiger partial charge in [0, 0.05) is 6.04 Å². The van der Waals surface area contributed by atoms with Crippen molar-refractivity contribution >= 4 is 11.8 Å². The minimum Gasteiger partial charge on any atom is -0.226 e. The summed E-state index contributed by atoms with van der Waals surface area (Å²) in [7, 11) is 0. The quantitative estimate of drug-likeness (QED) is 0.648. The van der Waals surface area contributed by atoms with Gasteiger partial charge in [0.25, 0.3) is 0 Å². The molecule has 1 aromatic rings. The molecule has 0 aliphatic carbocycles. The Morgan fingerprint density at radius 2 is 1.90 bits per heavy atom. The zero-order valence-corrected chi connectivity index (χ0v) is 6.60. The van der Waals surface area contributed by atoms with Gasteiger partial charge >= 0.3 is 0 Å². The molecule has 0 spiro atoms. The minimum atomic E-state index is 0.225. The lowest BCUT2D eigenvalue weighted by Gasteiger charge is -2.06. The maximum Gasteiger partial charge on any atom is 0.0442 e. The van der Waals surface area contributed by atoms with E-state index in [4.69, 9.17) is 11.8 Å². The second kappa shape index (κ2) is 3.59. The molecule has 0 saturated carbocycles. The van der Waals surface area contributed by atoms with E-state index in [0.717, 1.165) is 0 Å². The van der Waals surface area contributed by atoms with Gasteiger partial charge in [-0.3, -0.25) is 0 Å². The van der Waals surface area contributed by atoms with Gasteiger partial charge in [-0.05, 0) is 24.3 Å². The highest BCUT2D eigenvalue weighted by Crippen LogP contribution is 2.10. The van der Waals surface area contributed by atoms with Gasteiger partial charge in [-0.1, -0.05) is 30.3 Å². The van der Waals surface area contributed by atoms with Crippen molar-refractivity contribution in [3.63, 3.8) is 0 Å². The van der Waals surface area contributed by atoms with Crippen LogP contribution in [0.4, 0.5) is 0 Å². The van der Waals surface area contributed by atoms with Gasteiger partial charge in [-0.15, -0.1) is 0 Å². The van der Waals surface area contributed by atoms with Crippen LogP contribution in [0.1, 0.15) is 18.5 Å². The molecule has 0 radical (unpaired) electrons. The number of benzene rings is 1. The van der Waals surface area contributed by atoms with Crippen LogP contribution in [0.3, 0.4) is 0 Å². The van der Waals surface area contributed by atoms with Crippen molar-refractivity contribution in [3.05, 3.63) is 35.9 Å². The Balaban J connectivity index is 2.75. The Labute approximate surface area is 66.1 Å². The molecule has 0 amide bonds. The van der Waals surface area contributed by atoms with Crippen LogP contribution in [0.5, 0.6) is 0 Å². The number of rotatable bonds is 2. The van der Waals surface area contributed by atoms with Crippen molar-refractivity contribution in [1.29, 1.82) is 0 Å². The second-order valence-electron chi connectivity index (χ2n) is 2.24. The molecule has 0 heterocycles. The van der Waals surface area contributed by atoms with E-state index >= 15 is 0 Å². The molecule has 0 saturated heterocycles. The first-order valence-corrected chi connectivity index (χ1v) is 3.63.